The van der Waals surface area contributed by atoms with Crippen LogP contribution in [0.2, 0.25) is 0 Å². The maximum absolute atomic E-state index is 5.14. The van der Waals surface area contributed by atoms with Crippen molar-refractivity contribution in [2.75, 3.05) is 14.2 Å². The van der Waals surface area contributed by atoms with Gasteiger partial charge in [0.15, 0.2) is 0 Å². The van der Waals surface area contributed by atoms with E-state index in [2.05, 4.69) is 46.1 Å². The number of aromatic nitrogens is 4. The Hall–Kier alpha value is -3.80. The Kier molecular flexibility index (Phi) is 8.64. The number of hydrogen-bond acceptors (Lipinski definition) is 6. The first kappa shape index (κ1) is 23.5. The molecule has 0 aliphatic rings. The summed E-state index contributed by atoms with van der Waals surface area (Å²) in [5, 5.41) is 0. The molecule has 160 valence electrons. The predicted octanol–water partition coefficient (Wildman–Crippen LogP) is 5.40. The van der Waals surface area contributed by atoms with Gasteiger partial charge < -0.3 is 9.47 Å². The zero-order valence-electron chi connectivity index (χ0n) is 18.7. The molecule has 0 N–H and O–H groups in total. The lowest BCUT2D eigenvalue weighted by Crippen LogP contribution is -1.98. The molecular formula is C25H28N4O2. The molecular weight excluding hydrogens is 388 g/mol. The molecule has 2 aromatic heterocycles. The van der Waals surface area contributed by atoms with Gasteiger partial charge in [-0.15, -0.1) is 0 Å². The van der Waals surface area contributed by atoms with Gasteiger partial charge in [-0.3, -0.25) is 9.97 Å². The van der Waals surface area contributed by atoms with Gasteiger partial charge in [-0.25, -0.2) is 9.97 Å². The van der Waals surface area contributed by atoms with Crippen LogP contribution < -0.4 is 9.47 Å². The summed E-state index contributed by atoms with van der Waals surface area (Å²) in [5.74, 6) is 1.07. The van der Waals surface area contributed by atoms with Gasteiger partial charge in [0.25, 0.3) is 0 Å². The highest BCUT2D eigenvalue weighted by atomic mass is 16.5. The van der Waals surface area contributed by atoms with E-state index in [4.69, 9.17) is 9.47 Å². The first-order valence-corrected chi connectivity index (χ1v) is 9.70. The molecule has 0 bridgehead atoms. The Bertz CT molecular complexity index is 1090. The largest absolute Gasteiger partial charge is 0.480 e. The van der Waals surface area contributed by atoms with Crippen LogP contribution in [0.4, 0.5) is 0 Å². The number of allylic oxidation sites excluding steroid dienone is 4. The minimum absolute atomic E-state index is 0.536. The second-order valence-electron chi connectivity index (χ2n) is 6.62. The zero-order chi connectivity index (χ0) is 22.8. The minimum atomic E-state index is 0.536. The summed E-state index contributed by atoms with van der Waals surface area (Å²) in [6.45, 7) is 13.4. The van der Waals surface area contributed by atoms with E-state index in [0.29, 0.717) is 11.8 Å². The van der Waals surface area contributed by atoms with Crippen LogP contribution >= 0.6 is 0 Å². The highest BCUT2D eigenvalue weighted by molar-refractivity contribution is 5.75. The van der Waals surface area contributed by atoms with E-state index < -0.39 is 0 Å². The van der Waals surface area contributed by atoms with Crippen molar-refractivity contribution in [3.8, 4) is 23.0 Å². The van der Waals surface area contributed by atoms with Crippen LogP contribution in [-0.4, -0.2) is 34.2 Å². The van der Waals surface area contributed by atoms with E-state index in [1.165, 1.54) is 5.56 Å². The van der Waals surface area contributed by atoms with Gasteiger partial charge in [-0.1, -0.05) is 49.6 Å². The molecule has 0 spiro atoms. The Labute approximate surface area is 184 Å². The molecule has 0 amide bonds. The van der Waals surface area contributed by atoms with Gasteiger partial charge in [0, 0.05) is 11.1 Å². The van der Waals surface area contributed by atoms with Crippen LogP contribution in [0.5, 0.6) is 11.8 Å². The fourth-order valence-electron chi connectivity index (χ4n) is 2.77. The van der Waals surface area contributed by atoms with Crippen molar-refractivity contribution in [3.63, 3.8) is 0 Å². The lowest BCUT2D eigenvalue weighted by molar-refractivity contribution is 0.391. The lowest BCUT2D eigenvalue weighted by Gasteiger charge is -2.07. The molecule has 3 aromatic rings. The minimum Gasteiger partial charge on any atom is -0.480 e. The average molecular weight is 417 g/mol. The van der Waals surface area contributed by atoms with Crippen LogP contribution in [0.15, 0.2) is 73.7 Å². The molecule has 0 aliphatic heterocycles. The second-order valence-corrected chi connectivity index (χ2v) is 6.62. The molecule has 31 heavy (non-hydrogen) atoms. The van der Waals surface area contributed by atoms with Gasteiger partial charge in [0.1, 0.15) is 0 Å². The van der Waals surface area contributed by atoms with E-state index in [9.17, 15) is 0 Å². The Morgan fingerprint density at radius 2 is 1.68 bits per heavy atom. The Balaban J connectivity index is 0.000000220. The molecule has 0 aliphatic carbocycles. The van der Waals surface area contributed by atoms with E-state index in [0.717, 1.165) is 33.8 Å². The summed E-state index contributed by atoms with van der Waals surface area (Å²) < 4.78 is 10.2. The number of methoxy groups -OCH3 is 2. The van der Waals surface area contributed by atoms with Gasteiger partial charge in [0.2, 0.25) is 11.8 Å². The predicted molar refractivity (Wildman–Crippen MR) is 125 cm³/mol. The summed E-state index contributed by atoms with van der Waals surface area (Å²) in [6.07, 6.45) is 8.56. The molecule has 0 saturated carbocycles. The van der Waals surface area contributed by atoms with Crippen molar-refractivity contribution in [1.82, 2.24) is 19.9 Å². The molecule has 2 heterocycles. The molecule has 0 unspecified atom stereocenters. The van der Waals surface area contributed by atoms with Crippen LogP contribution in [0.3, 0.4) is 0 Å². The molecule has 6 nitrogen and oxygen atoms in total. The molecule has 0 radical (unpaired) electrons. The third-order valence-electron chi connectivity index (χ3n) is 4.56. The van der Waals surface area contributed by atoms with Crippen molar-refractivity contribution >= 4 is 5.57 Å². The van der Waals surface area contributed by atoms with Gasteiger partial charge in [-0.05, 0) is 31.9 Å². The first-order valence-electron chi connectivity index (χ1n) is 9.70. The van der Waals surface area contributed by atoms with Crippen molar-refractivity contribution in [2.24, 2.45) is 0 Å². The van der Waals surface area contributed by atoms with Gasteiger partial charge in [0.05, 0.1) is 49.9 Å². The molecule has 0 fully saturated rings. The van der Waals surface area contributed by atoms with Gasteiger partial charge in [-0.2, -0.15) is 0 Å². The summed E-state index contributed by atoms with van der Waals surface area (Å²) in [7, 11) is 3.17. The summed E-state index contributed by atoms with van der Waals surface area (Å²) >= 11 is 0. The molecule has 0 atom stereocenters. The summed E-state index contributed by atoms with van der Waals surface area (Å²) in [5.41, 5.74) is 6.55. The second kappa shape index (κ2) is 11.4. The van der Waals surface area contributed by atoms with Crippen LogP contribution in [0.25, 0.3) is 16.8 Å². The first-order chi connectivity index (χ1) is 14.9. The van der Waals surface area contributed by atoms with Crippen LogP contribution in [0, 0.1) is 13.8 Å². The number of benzene rings is 1. The fraction of sp³-hybridized carbons (Fsp3) is 0.200. The fourth-order valence-corrected chi connectivity index (χ4v) is 2.77. The van der Waals surface area contributed by atoms with Gasteiger partial charge >= 0.3 is 0 Å². The summed E-state index contributed by atoms with van der Waals surface area (Å²) in [6, 6.07) is 8.07. The van der Waals surface area contributed by atoms with Crippen molar-refractivity contribution < 1.29 is 9.47 Å². The third kappa shape index (κ3) is 6.09. The number of ether oxygens (including phenoxy) is 2. The monoisotopic (exact) mass is 416 g/mol. The normalized spacial score (nSPS) is 10.9. The van der Waals surface area contributed by atoms with Crippen molar-refractivity contribution in [1.29, 1.82) is 0 Å². The molecule has 3 rings (SSSR count). The topological polar surface area (TPSA) is 70.0 Å². The van der Waals surface area contributed by atoms with E-state index in [1.807, 2.05) is 32.0 Å². The maximum atomic E-state index is 5.14. The van der Waals surface area contributed by atoms with E-state index >= 15 is 0 Å². The van der Waals surface area contributed by atoms with Crippen molar-refractivity contribution in [2.45, 2.75) is 20.8 Å². The maximum Gasteiger partial charge on any atom is 0.235 e. The number of aryl methyl sites for hydroxylation is 2. The molecule has 0 saturated heterocycles. The number of nitrogens with zero attached hydrogens (tertiary/aromatic N) is 4. The lowest BCUT2D eigenvalue weighted by atomic mass is 10.1. The molecule has 1 aromatic carbocycles. The van der Waals surface area contributed by atoms with Crippen LogP contribution in [0.1, 0.15) is 23.9 Å². The van der Waals surface area contributed by atoms with E-state index in [-0.39, 0.29) is 0 Å². The quantitative estimate of drug-likeness (QED) is 0.501. The summed E-state index contributed by atoms with van der Waals surface area (Å²) in [4.78, 5) is 17.0. The highest BCUT2D eigenvalue weighted by Gasteiger charge is 2.07. The number of rotatable bonds is 6. The Morgan fingerprint density at radius 1 is 0.935 bits per heavy atom. The standard InChI is InChI=1S/C13H16N2O.C12H12N2O/c1-6-9(3)11(7-2)12-8-14-10(4)13(15-12)16-5;1-9-5-3-4-6-10(9)11-7-13-8-12(14-11)15-2/h6-8H,1-2H2,3-5H3;3-8H,1-2H3/b11-9+;. The van der Waals surface area contributed by atoms with Crippen LogP contribution in [-0.2, 0) is 0 Å². The number of hydrogen-bond donors (Lipinski definition) is 0. The average Bonchev–Trinajstić information content (AvgIpc) is 2.81. The van der Waals surface area contributed by atoms with E-state index in [1.54, 1.807) is 45.0 Å². The third-order valence-corrected chi connectivity index (χ3v) is 4.56. The highest BCUT2D eigenvalue weighted by Crippen LogP contribution is 2.22. The SMILES string of the molecule is C=C/C(C)=C(\C=C)c1cnc(C)c(OC)n1.COc1cncc(-c2ccccc2C)n1. The Morgan fingerprint density at radius 3 is 2.29 bits per heavy atom. The van der Waals surface area contributed by atoms with Crippen molar-refractivity contribution in [3.05, 3.63) is 90.7 Å². The zero-order valence-corrected chi connectivity index (χ0v) is 18.7. The smallest absolute Gasteiger partial charge is 0.235 e. The molecule has 6 heteroatoms.